The number of rotatable bonds is 7. The lowest BCUT2D eigenvalue weighted by molar-refractivity contribution is 0.479. The quantitative estimate of drug-likeness (QED) is 0.474. The van der Waals surface area contributed by atoms with Crippen molar-refractivity contribution in [1.29, 1.82) is 0 Å². The van der Waals surface area contributed by atoms with E-state index < -0.39 is 0 Å². The van der Waals surface area contributed by atoms with E-state index in [0.29, 0.717) is 5.92 Å². The van der Waals surface area contributed by atoms with Crippen molar-refractivity contribution in [3.8, 4) is 11.5 Å². The number of fused-ring (bicyclic) bond motifs is 2. The molecule has 0 bridgehead atoms. The molecule has 0 fully saturated rings. The first-order valence-corrected chi connectivity index (χ1v) is 8.96. The normalized spacial score (nSPS) is 13.5. The Kier molecular flexibility index (Phi) is 5.22. The van der Waals surface area contributed by atoms with Crippen LogP contribution in [0.5, 0.6) is 11.5 Å². The molecule has 1 unspecified atom stereocenters. The molecule has 2 nitrogen and oxygen atoms in total. The fourth-order valence-electron chi connectivity index (χ4n) is 3.30. The van der Waals surface area contributed by atoms with Gasteiger partial charge in [-0.05, 0) is 36.1 Å². The summed E-state index contributed by atoms with van der Waals surface area (Å²) in [4.78, 5) is 0. The molecule has 1 atom stereocenters. The second-order valence-electron chi connectivity index (χ2n) is 6.55. The van der Waals surface area contributed by atoms with Gasteiger partial charge in [-0.2, -0.15) is 0 Å². The molecule has 3 rings (SSSR count). The predicted octanol–water partition coefficient (Wildman–Crippen LogP) is 7.00. The molecule has 1 N–H and O–H groups in total. The maximum atomic E-state index is 6.06. The minimum Gasteiger partial charge on any atom is -0.453 e. The van der Waals surface area contributed by atoms with Crippen molar-refractivity contribution in [3.05, 3.63) is 48.0 Å². The van der Waals surface area contributed by atoms with Crippen molar-refractivity contribution < 1.29 is 4.74 Å². The van der Waals surface area contributed by atoms with Gasteiger partial charge in [0.25, 0.3) is 0 Å². The van der Waals surface area contributed by atoms with Gasteiger partial charge < -0.3 is 10.1 Å². The number of hydrogen-bond donors (Lipinski definition) is 1. The van der Waals surface area contributed by atoms with Gasteiger partial charge in [0.15, 0.2) is 11.5 Å². The molecule has 2 aromatic carbocycles. The van der Waals surface area contributed by atoms with Crippen molar-refractivity contribution in [3.63, 3.8) is 0 Å². The minimum atomic E-state index is 0.549. The molecule has 23 heavy (non-hydrogen) atoms. The van der Waals surface area contributed by atoms with E-state index in [1.165, 1.54) is 44.1 Å². The van der Waals surface area contributed by atoms with Crippen LogP contribution in [0.3, 0.4) is 0 Å². The molecule has 122 valence electrons. The molecule has 0 spiro atoms. The standard InChI is InChI=1S/C21H27NO/c1-3-4-5-6-7-11-16(2)17-12-10-15-20-21(17)22-18-13-8-9-14-19(18)23-20/h8-10,12-16,22H,3-7,11H2,1-2H3. The average Bonchev–Trinajstić information content (AvgIpc) is 2.59. The Bertz CT molecular complexity index is 650. The summed E-state index contributed by atoms with van der Waals surface area (Å²) in [7, 11) is 0. The third-order valence-corrected chi connectivity index (χ3v) is 4.70. The van der Waals surface area contributed by atoms with E-state index >= 15 is 0 Å². The molecule has 2 aromatic rings. The van der Waals surface area contributed by atoms with Crippen molar-refractivity contribution in [2.24, 2.45) is 0 Å². The number of anilines is 2. The zero-order valence-corrected chi connectivity index (χ0v) is 14.3. The Labute approximate surface area is 139 Å². The smallest absolute Gasteiger partial charge is 0.151 e. The highest BCUT2D eigenvalue weighted by molar-refractivity contribution is 5.78. The monoisotopic (exact) mass is 309 g/mol. The Hall–Kier alpha value is -1.96. The summed E-state index contributed by atoms with van der Waals surface area (Å²) in [5.74, 6) is 2.40. The van der Waals surface area contributed by atoms with E-state index in [1.54, 1.807) is 0 Å². The van der Waals surface area contributed by atoms with Crippen LogP contribution in [0.15, 0.2) is 42.5 Å². The molecule has 1 aliphatic heterocycles. The van der Waals surface area contributed by atoms with E-state index in [0.717, 1.165) is 22.9 Å². The first-order valence-electron chi connectivity index (χ1n) is 8.96. The number of para-hydroxylation sites is 3. The summed E-state index contributed by atoms with van der Waals surface area (Å²) in [6.07, 6.45) is 7.93. The SMILES string of the molecule is CCCCCCCC(C)c1cccc2c1Nc1ccccc1O2. The van der Waals surface area contributed by atoms with E-state index in [-0.39, 0.29) is 0 Å². The fourth-order valence-corrected chi connectivity index (χ4v) is 3.30. The van der Waals surface area contributed by atoms with Gasteiger partial charge in [0.1, 0.15) is 0 Å². The number of hydrogen-bond acceptors (Lipinski definition) is 2. The highest BCUT2D eigenvalue weighted by Gasteiger charge is 2.20. The molecule has 1 heterocycles. The van der Waals surface area contributed by atoms with Gasteiger partial charge in [0.2, 0.25) is 0 Å². The molecular formula is C21H27NO. The molecule has 0 aromatic heterocycles. The molecule has 2 heteroatoms. The Morgan fingerprint density at radius 3 is 2.57 bits per heavy atom. The zero-order valence-electron chi connectivity index (χ0n) is 14.3. The van der Waals surface area contributed by atoms with Crippen LogP contribution in [0.1, 0.15) is 63.9 Å². The third-order valence-electron chi connectivity index (χ3n) is 4.70. The van der Waals surface area contributed by atoms with Crippen molar-refractivity contribution in [1.82, 2.24) is 0 Å². The second-order valence-corrected chi connectivity index (χ2v) is 6.55. The molecular weight excluding hydrogens is 282 g/mol. The van der Waals surface area contributed by atoms with Gasteiger partial charge in [-0.15, -0.1) is 0 Å². The molecule has 0 saturated heterocycles. The average molecular weight is 309 g/mol. The Morgan fingerprint density at radius 2 is 1.70 bits per heavy atom. The molecule has 1 aliphatic rings. The van der Waals surface area contributed by atoms with Crippen LogP contribution >= 0.6 is 0 Å². The van der Waals surface area contributed by atoms with Crippen molar-refractivity contribution >= 4 is 11.4 Å². The first-order chi connectivity index (χ1) is 11.3. The van der Waals surface area contributed by atoms with Crippen LogP contribution in [0.4, 0.5) is 11.4 Å². The summed E-state index contributed by atoms with van der Waals surface area (Å²) in [6, 6.07) is 14.5. The van der Waals surface area contributed by atoms with Crippen LogP contribution in [0.25, 0.3) is 0 Å². The topological polar surface area (TPSA) is 21.3 Å². The maximum absolute atomic E-state index is 6.06. The fraction of sp³-hybridized carbons (Fsp3) is 0.429. The van der Waals surface area contributed by atoms with Gasteiger partial charge >= 0.3 is 0 Å². The number of unbranched alkanes of at least 4 members (excludes halogenated alkanes) is 4. The molecule has 0 aliphatic carbocycles. The van der Waals surface area contributed by atoms with Crippen LogP contribution in [-0.2, 0) is 0 Å². The Morgan fingerprint density at radius 1 is 0.913 bits per heavy atom. The van der Waals surface area contributed by atoms with Crippen molar-refractivity contribution in [2.45, 2.75) is 58.3 Å². The van der Waals surface area contributed by atoms with Gasteiger partial charge in [-0.1, -0.05) is 70.2 Å². The maximum Gasteiger partial charge on any atom is 0.151 e. The van der Waals surface area contributed by atoms with Gasteiger partial charge in [0, 0.05) is 0 Å². The summed E-state index contributed by atoms with van der Waals surface area (Å²) in [6.45, 7) is 4.60. The first kappa shape index (κ1) is 15.9. The van der Waals surface area contributed by atoms with Crippen LogP contribution in [0.2, 0.25) is 0 Å². The van der Waals surface area contributed by atoms with E-state index in [1.807, 2.05) is 18.2 Å². The van der Waals surface area contributed by atoms with Gasteiger partial charge in [-0.3, -0.25) is 0 Å². The second kappa shape index (κ2) is 7.54. The van der Waals surface area contributed by atoms with Crippen molar-refractivity contribution in [2.75, 3.05) is 5.32 Å². The van der Waals surface area contributed by atoms with Crippen LogP contribution in [-0.4, -0.2) is 0 Å². The van der Waals surface area contributed by atoms with E-state index in [9.17, 15) is 0 Å². The molecule has 0 radical (unpaired) electrons. The lowest BCUT2D eigenvalue weighted by atomic mass is 9.92. The van der Waals surface area contributed by atoms with Gasteiger partial charge in [-0.25, -0.2) is 0 Å². The largest absolute Gasteiger partial charge is 0.453 e. The molecule has 0 amide bonds. The van der Waals surface area contributed by atoms with E-state index in [2.05, 4.69) is 43.4 Å². The molecule has 0 saturated carbocycles. The highest BCUT2D eigenvalue weighted by atomic mass is 16.5. The minimum absolute atomic E-state index is 0.549. The lowest BCUT2D eigenvalue weighted by Crippen LogP contribution is -2.07. The lowest BCUT2D eigenvalue weighted by Gasteiger charge is -2.26. The summed E-state index contributed by atoms with van der Waals surface area (Å²) < 4.78 is 6.06. The predicted molar refractivity (Wildman–Crippen MR) is 98.0 cm³/mol. The van der Waals surface area contributed by atoms with Crippen LogP contribution in [0, 0.1) is 0 Å². The van der Waals surface area contributed by atoms with E-state index in [4.69, 9.17) is 4.74 Å². The summed E-state index contributed by atoms with van der Waals surface area (Å²) >= 11 is 0. The Balaban J connectivity index is 1.70. The van der Waals surface area contributed by atoms with Crippen LogP contribution < -0.4 is 10.1 Å². The number of ether oxygens (including phenoxy) is 1. The number of benzene rings is 2. The highest BCUT2D eigenvalue weighted by Crippen LogP contribution is 2.45. The number of nitrogens with one attached hydrogen (secondary N) is 1. The van der Waals surface area contributed by atoms with Gasteiger partial charge in [0.05, 0.1) is 11.4 Å². The zero-order chi connectivity index (χ0) is 16.1. The third kappa shape index (κ3) is 3.69. The summed E-state index contributed by atoms with van der Waals surface area (Å²) in [5, 5.41) is 3.58. The summed E-state index contributed by atoms with van der Waals surface area (Å²) in [5.41, 5.74) is 3.57.